The summed E-state index contributed by atoms with van der Waals surface area (Å²) in [5, 5.41) is 17.8. The van der Waals surface area contributed by atoms with E-state index in [2.05, 4.69) is 35.7 Å². The second-order valence-corrected chi connectivity index (χ2v) is 6.36. The summed E-state index contributed by atoms with van der Waals surface area (Å²) in [6.45, 7) is 0. The van der Waals surface area contributed by atoms with Gasteiger partial charge < -0.3 is 10.1 Å². The summed E-state index contributed by atoms with van der Waals surface area (Å²) >= 11 is 0. The average molecular weight is 347 g/mol. The third kappa shape index (κ3) is 2.65. The standard InChI is InChI=1S/C18H17N7O/c1-26-12-6-4-11(5-7-12)17-20-14-9-19-25-16(14)18(22-17)21-15-8-13(23-24-15)10-2-3-10/h4-10H,2-3H2,1H3,(H,19,25)(H2,20,21,22,23,24). The molecule has 1 fully saturated rings. The molecule has 0 unspecified atom stereocenters. The fourth-order valence-electron chi connectivity index (χ4n) is 2.92. The quantitative estimate of drug-likeness (QED) is 0.511. The summed E-state index contributed by atoms with van der Waals surface area (Å²) in [6.07, 6.45) is 4.14. The second-order valence-electron chi connectivity index (χ2n) is 6.36. The van der Waals surface area contributed by atoms with Crippen molar-refractivity contribution in [2.75, 3.05) is 12.4 Å². The van der Waals surface area contributed by atoms with E-state index in [0.29, 0.717) is 17.6 Å². The number of aromatic nitrogens is 6. The number of hydrogen-bond donors (Lipinski definition) is 3. The van der Waals surface area contributed by atoms with Crippen molar-refractivity contribution in [1.82, 2.24) is 30.4 Å². The van der Waals surface area contributed by atoms with Crippen LogP contribution in [0.15, 0.2) is 36.5 Å². The molecule has 4 aromatic rings. The van der Waals surface area contributed by atoms with Gasteiger partial charge in [-0.05, 0) is 37.1 Å². The minimum atomic E-state index is 0.613. The molecule has 0 radical (unpaired) electrons. The highest BCUT2D eigenvalue weighted by atomic mass is 16.5. The smallest absolute Gasteiger partial charge is 0.162 e. The monoisotopic (exact) mass is 347 g/mol. The molecule has 0 atom stereocenters. The van der Waals surface area contributed by atoms with E-state index in [1.807, 2.05) is 30.3 Å². The molecule has 3 aromatic heterocycles. The summed E-state index contributed by atoms with van der Waals surface area (Å²) in [7, 11) is 1.64. The summed E-state index contributed by atoms with van der Waals surface area (Å²) in [5.74, 6) is 3.41. The molecule has 8 heteroatoms. The molecular formula is C18H17N7O. The number of anilines is 2. The van der Waals surface area contributed by atoms with Crippen LogP contribution in [0.5, 0.6) is 5.75 Å². The van der Waals surface area contributed by atoms with Gasteiger partial charge in [0.05, 0.1) is 13.3 Å². The molecule has 1 aliphatic carbocycles. The number of ether oxygens (including phenoxy) is 1. The van der Waals surface area contributed by atoms with Crippen molar-refractivity contribution in [1.29, 1.82) is 0 Å². The third-order valence-corrected chi connectivity index (χ3v) is 4.51. The van der Waals surface area contributed by atoms with E-state index >= 15 is 0 Å². The fraction of sp³-hybridized carbons (Fsp3) is 0.222. The number of nitrogens with one attached hydrogen (secondary N) is 3. The van der Waals surface area contributed by atoms with Gasteiger partial charge >= 0.3 is 0 Å². The molecule has 5 rings (SSSR count). The lowest BCUT2D eigenvalue weighted by atomic mass is 10.2. The second kappa shape index (κ2) is 5.83. The maximum absolute atomic E-state index is 5.21. The number of aromatic amines is 2. The lowest BCUT2D eigenvalue weighted by molar-refractivity contribution is 0.415. The largest absolute Gasteiger partial charge is 0.497 e. The lowest BCUT2D eigenvalue weighted by Gasteiger charge is -2.07. The third-order valence-electron chi connectivity index (χ3n) is 4.51. The van der Waals surface area contributed by atoms with E-state index in [9.17, 15) is 0 Å². The molecule has 0 spiro atoms. The Labute approximate surface area is 149 Å². The number of hydrogen-bond acceptors (Lipinski definition) is 6. The summed E-state index contributed by atoms with van der Waals surface area (Å²) in [5.41, 5.74) is 3.56. The minimum Gasteiger partial charge on any atom is -0.497 e. The Bertz CT molecular complexity index is 1060. The van der Waals surface area contributed by atoms with E-state index in [1.165, 1.54) is 12.8 Å². The average Bonchev–Trinajstić information content (AvgIpc) is 3.23. The van der Waals surface area contributed by atoms with Crippen LogP contribution < -0.4 is 10.1 Å². The Hall–Kier alpha value is -3.42. The first-order valence-electron chi connectivity index (χ1n) is 8.48. The number of rotatable bonds is 5. The van der Waals surface area contributed by atoms with Crippen molar-refractivity contribution in [2.24, 2.45) is 0 Å². The zero-order valence-corrected chi connectivity index (χ0v) is 14.2. The fourth-order valence-corrected chi connectivity index (χ4v) is 2.92. The SMILES string of the molecule is COc1ccc(-c2nc(Nc3cc(C4CC4)[nH]n3)c3[nH]ncc3n2)cc1. The van der Waals surface area contributed by atoms with Crippen LogP contribution in [0.3, 0.4) is 0 Å². The van der Waals surface area contributed by atoms with Gasteiger partial charge in [-0.3, -0.25) is 10.2 Å². The Kier molecular flexibility index (Phi) is 3.34. The first-order chi connectivity index (χ1) is 12.8. The zero-order chi connectivity index (χ0) is 17.5. The van der Waals surface area contributed by atoms with Gasteiger partial charge in [-0.25, -0.2) is 9.97 Å². The van der Waals surface area contributed by atoms with Crippen molar-refractivity contribution in [3.63, 3.8) is 0 Å². The molecular weight excluding hydrogens is 330 g/mol. The van der Waals surface area contributed by atoms with Gasteiger partial charge in [-0.15, -0.1) is 0 Å². The highest BCUT2D eigenvalue weighted by Crippen LogP contribution is 2.39. The first kappa shape index (κ1) is 14.9. The van der Waals surface area contributed by atoms with Crippen LogP contribution in [0.2, 0.25) is 0 Å². The van der Waals surface area contributed by atoms with Crippen LogP contribution in [-0.4, -0.2) is 37.5 Å². The van der Waals surface area contributed by atoms with Crippen LogP contribution in [0.4, 0.5) is 11.6 Å². The predicted octanol–water partition coefficient (Wildman–Crippen LogP) is 3.37. The van der Waals surface area contributed by atoms with E-state index in [1.54, 1.807) is 13.3 Å². The molecule has 1 aliphatic rings. The molecule has 1 aromatic carbocycles. The van der Waals surface area contributed by atoms with Crippen molar-refractivity contribution in [2.45, 2.75) is 18.8 Å². The zero-order valence-electron chi connectivity index (χ0n) is 14.2. The summed E-state index contributed by atoms with van der Waals surface area (Å²) < 4.78 is 5.21. The molecule has 130 valence electrons. The minimum absolute atomic E-state index is 0.613. The Balaban J connectivity index is 1.53. The highest BCUT2D eigenvalue weighted by molar-refractivity contribution is 5.88. The van der Waals surface area contributed by atoms with Gasteiger partial charge in [0.15, 0.2) is 17.5 Å². The normalized spacial score (nSPS) is 13.9. The van der Waals surface area contributed by atoms with E-state index in [-0.39, 0.29) is 0 Å². The van der Waals surface area contributed by atoms with Crippen LogP contribution in [-0.2, 0) is 0 Å². The maximum Gasteiger partial charge on any atom is 0.162 e. The van der Waals surface area contributed by atoms with Gasteiger partial charge in [-0.1, -0.05) is 0 Å². The van der Waals surface area contributed by atoms with Gasteiger partial charge in [-0.2, -0.15) is 10.2 Å². The lowest BCUT2D eigenvalue weighted by Crippen LogP contribution is -1.99. The molecule has 0 aliphatic heterocycles. The Morgan fingerprint density at radius 2 is 1.96 bits per heavy atom. The van der Waals surface area contributed by atoms with Crippen LogP contribution >= 0.6 is 0 Å². The maximum atomic E-state index is 5.21. The van der Waals surface area contributed by atoms with Gasteiger partial charge in [0.1, 0.15) is 16.8 Å². The summed E-state index contributed by atoms with van der Waals surface area (Å²) in [4.78, 5) is 9.27. The van der Waals surface area contributed by atoms with Crippen LogP contribution in [0.1, 0.15) is 24.5 Å². The Morgan fingerprint density at radius 1 is 1.12 bits per heavy atom. The van der Waals surface area contributed by atoms with Gasteiger partial charge in [0.2, 0.25) is 0 Å². The van der Waals surface area contributed by atoms with Crippen molar-refractivity contribution in [3.8, 4) is 17.1 Å². The van der Waals surface area contributed by atoms with Crippen LogP contribution in [0.25, 0.3) is 22.4 Å². The Morgan fingerprint density at radius 3 is 2.73 bits per heavy atom. The van der Waals surface area contributed by atoms with Crippen molar-refractivity contribution < 1.29 is 4.74 Å². The number of benzene rings is 1. The molecule has 3 heterocycles. The molecule has 0 amide bonds. The molecule has 26 heavy (non-hydrogen) atoms. The molecule has 0 saturated heterocycles. The van der Waals surface area contributed by atoms with Crippen molar-refractivity contribution in [3.05, 3.63) is 42.2 Å². The van der Waals surface area contributed by atoms with Gasteiger partial charge in [0, 0.05) is 23.2 Å². The molecule has 3 N–H and O–H groups in total. The van der Waals surface area contributed by atoms with E-state index in [4.69, 9.17) is 4.74 Å². The van der Waals surface area contributed by atoms with E-state index < -0.39 is 0 Å². The number of fused-ring (bicyclic) bond motifs is 1. The predicted molar refractivity (Wildman–Crippen MR) is 97.5 cm³/mol. The molecule has 8 nitrogen and oxygen atoms in total. The van der Waals surface area contributed by atoms with Crippen LogP contribution in [0, 0.1) is 0 Å². The van der Waals surface area contributed by atoms with E-state index in [0.717, 1.165) is 33.9 Å². The highest BCUT2D eigenvalue weighted by Gasteiger charge is 2.25. The number of nitrogens with zero attached hydrogens (tertiary/aromatic N) is 4. The number of methoxy groups -OCH3 is 1. The first-order valence-corrected chi connectivity index (χ1v) is 8.48. The number of H-pyrrole nitrogens is 2. The van der Waals surface area contributed by atoms with Gasteiger partial charge in [0.25, 0.3) is 0 Å². The van der Waals surface area contributed by atoms with Crippen molar-refractivity contribution >= 4 is 22.7 Å². The topological polar surface area (TPSA) is 104 Å². The summed E-state index contributed by atoms with van der Waals surface area (Å²) in [6, 6.07) is 9.68. The molecule has 1 saturated carbocycles. The molecule has 0 bridgehead atoms.